The maximum atomic E-state index is 15.3. The summed E-state index contributed by atoms with van der Waals surface area (Å²) < 4.78 is 86.4. The van der Waals surface area contributed by atoms with Crippen LogP contribution in [0.3, 0.4) is 0 Å². The van der Waals surface area contributed by atoms with Crippen LogP contribution in [0.1, 0.15) is 61.8 Å². The largest absolute Gasteiger partial charge is 0.402 e. The van der Waals surface area contributed by atoms with Gasteiger partial charge in [-0.3, -0.25) is 0 Å². The fourth-order valence-corrected chi connectivity index (χ4v) is 5.87. The zero-order chi connectivity index (χ0) is 31.5. The van der Waals surface area contributed by atoms with Crippen molar-refractivity contribution in [3.05, 3.63) is 119 Å². The van der Waals surface area contributed by atoms with E-state index in [1.165, 1.54) is 24.3 Å². The normalized spacial score (nSPS) is 14.0. The minimum atomic E-state index is -4.57. The van der Waals surface area contributed by atoms with Gasteiger partial charge in [0.1, 0.15) is 5.41 Å². The van der Waals surface area contributed by atoms with E-state index >= 15 is 13.2 Å². The van der Waals surface area contributed by atoms with E-state index in [-0.39, 0.29) is 23.1 Å². The van der Waals surface area contributed by atoms with E-state index < -0.39 is 23.2 Å². The van der Waals surface area contributed by atoms with E-state index in [9.17, 15) is 13.2 Å². The van der Waals surface area contributed by atoms with Crippen LogP contribution in [0.5, 0.6) is 0 Å². The molecule has 228 valence electrons. The van der Waals surface area contributed by atoms with Crippen molar-refractivity contribution in [2.75, 3.05) is 5.33 Å². The van der Waals surface area contributed by atoms with Crippen molar-refractivity contribution in [3.63, 3.8) is 0 Å². The summed E-state index contributed by atoms with van der Waals surface area (Å²) in [5.41, 5.74) is 0.333. The number of benzene rings is 4. The molecule has 0 fully saturated rings. The summed E-state index contributed by atoms with van der Waals surface area (Å²) in [6, 6.07) is 26.8. The van der Waals surface area contributed by atoms with Gasteiger partial charge in [-0.2, -0.15) is 26.3 Å². The molecule has 0 amide bonds. The minimum Gasteiger partial charge on any atom is -0.170 e. The van der Waals surface area contributed by atoms with Gasteiger partial charge in [0.05, 0.1) is 5.41 Å². The van der Waals surface area contributed by atoms with Crippen LogP contribution in [0, 0.1) is 6.92 Å². The SMILES string of the molecule is Cc1ccc(-c2ccc(C(CCCCCBr)(c3ccc(-c4ccc(C(C)(C)C(F)(F)F)cc4)cc3)C(F)(F)F)cc2)cc1. The first kappa shape index (κ1) is 32.8. The molecule has 43 heavy (non-hydrogen) atoms. The summed E-state index contributed by atoms with van der Waals surface area (Å²) in [5.74, 6) is 0. The molecule has 0 saturated carbocycles. The number of hydrogen-bond donors (Lipinski definition) is 0. The van der Waals surface area contributed by atoms with E-state index in [2.05, 4.69) is 15.9 Å². The molecule has 0 aliphatic carbocycles. The third kappa shape index (κ3) is 6.87. The topological polar surface area (TPSA) is 0 Å². The van der Waals surface area contributed by atoms with Crippen molar-refractivity contribution in [3.8, 4) is 22.3 Å². The van der Waals surface area contributed by atoms with E-state index in [0.29, 0.717) is 24.0 Å². The average molecular weight is 662 g/mol. The number of unbranched alkanes of at least 4 members (excludes halogenated alkanes) is 2. The molecule has 7 heteroatoms. The molecule has 0 aliphatic rings. The predicted molar refractivity (Wildman–Crippen MR) is 167 cm³/mol. The highest BCUT2D eigenvalue weighted by atomic mass is 79.9. The molecule has 0 heterocycles. The van der Waals surface area contributed by atoms with Crippen LogP contribution in [-0.4, -0.2) is 17.7 Å². The van der Waals surface area contributed by atoms with Gasteiger partial charge in [0.2, 0.25) is 0 Å². The highest BCUT2D eigenvalue weighted by Gasteiger charge is 2.56. The number of aryl methyl sites for hydroxylation is 1. The Labute approximate surface area is 258 Å². The molecule has 0 nitrogen and oxygen atoms in total. The molecule has 4 rings (SSSR count). The van der Waals surface area contributed by atoms with Crippen molar-refractivity contribution in [2.24, 2.45) is 0 Å². The van der Waals surface area contributed by atoms with Crippen LogP contribution in [0.2, 0.25) is 0 Å². The van der Waals surface area contributed by atoms with Crippen LogP contribution < -0.4 is 0 Å². The summed E-state index contributed by atoms with van der Waals surface area (Å²) in [6.45, 7) is 4.23. The lowest BCUT2D eigenvalue weighted by Gasteiger charge is -2.37. The number of alkyl halides is 7. The summed E-state index contributed by atoms with van der Waals surface area (Å²) in [5, 5.41) is 0.727. The lowest BCUT2D eigenvalue weighted by molar-refractivity contribution is -0.181. The summed E-state index contributed by atoms with van der Waals surface area (Å²) in [4.78, 5) is 0. The van der Waals surface area contributed by atoms with Gasteiger partial charge in [0.25, 0.3) is 0 Å². The van der Waals surface area contributed by atoms with Crippen LogP contribution in [0.15, 0.2) is 97.1 Å². The maximum Gasteiger partial charge on any atom is 0.402 e. The van der Waals surface area contributed by atoms with Gasteiger partial charge in [0, 0.05) is 5.33 Å². The molecule has 4 aromatic carbocycles. The van der Waals surface area contributed by atoms with Crippen molar-refractivity contribution >= 4 is 15.9 Å². The van der Waals surface area contributed by atoms with Crippen molar-refractivity contribution in [1.29, 1.82) is 0 Å². The Kier molecular flexibility index (Phi) is 9.85. The van der Waals surface area contributed by atoms with E-state index in [0.717, 1.165) is 42.3 Å². The first-order chi connectivity index (χ1) is 20.2. The molecule has 0 aromatic heterocycles. The molecular weight excluding hydrogens is 626 g/mol. The van der Waals surface area contributed by atoms with E-state index in [1.54, 1.807) is 48.5 Å². The summed E-state index contributed by atoms with van der Waals surface area (Å²) >= 11 is 3.37. The molecular formula is C36H35BrF6. The summed E-state index contributed by atoms with van der Waals surface area (Å²) in [6.07, 6.45) is -7.26. The van der Waals surface area contributed by atoms with Crippen molar-refractivity contribution in [1.82, 2.24) is 0 Å². The lowest BCUT2D eigenvalue weighted by atomic mass is 9.70. The van der Waals surface area contributed by atoms with Crippen LogP contribution >= 0.6 is 15.9 Å². The number of rotatable bonds is 10. The highest BCUT2D eigenvalue weighted by Crippen LogP contribution is 2.50. The Morgan fingerprint density at radius 2 is 0.860 bits per heavy atom. The number of hydrogen-bond acceptors (Lipinski definition) is 0. The highest BCUT2D eigenvalue weighted by molar-refractivity contribution is 9.09. The first-order valence-electron chi connectivity index (χ1n) is 14.3. The fourth-order valence-electron chi connectivity index (χ4n) is 5.47. The van der Waals surface area contributed by atoms with Crippen molar-refractivity contribution in [2.45, 2.75) is 69.6 Å². The van der Waals surface area contributed by atoms with Crippen LogP contribution in [-0.2, 0) is 10.8 Å². The monoisotopic (exact) mass is 660 g/mol. The van der Waals surface area contributed by atoms with Gasteiger partial charge in [-0.05, 0) is 72.6 Å². The molecule has 0 aliphatic heterocycles. The zero-order valence-electron chi connectivity index (χ0n) is 24.4. The van der Waals surface area contributed by atoms with E-state index in [4.69, 9.17) is 0 Å². The second-order valence-electron chi connectivity index (χ2n) is 11.6. The van der Waals surface area contributed by atoms with Gasteiger partial charge < -0.3 is 0 Å². The Hall–Kier alpha value is -3.06. The Bertz CT molecular complexity index is 1470. The smallest absolute Gasteiger partial charge is 0.170 e. The third-order valence-corrected chi connectivity index (χ3v) is 9.02. The second kappa shape index (κ2) is 12.9. The Morgan fingerprint density at radius 1 is 0.488 bits per heavy atom. The van der Waals surface area contributed by atoms with Gasteiger partial charge in [-0.15, -0.1) is 0 Å². The molecule has 1 atom stereocenters. The summed E-state index contributed by atoms with van der Waals surface area (Å²) in [7, 11) is 0. The fraction of sp³-hybridized carbons (Fsp3) is 0.333. The maximum absolute atomic E-state index is 15.3. The number of halogens is 7. The Balaban J connectivity index is 1.73. The third-order valence-electron chi connectivity index (χ3n) is 8.46. The first-order valence-corrected chi connectivity index (χ1v) is 15.4. The molecule has 1 unspecified atom stereocenters. The zero-order valence-corrected chi connectivity index (χ0v) is 26.0. The van der Waals surface area contributed by atoms with Gasteiger partial charge in [-0.1, -0.05) is 131 Å². The molecule has 0 saturated heterocycles. The van der Waals surface area contributed by atoms with Gasteiger partial charge in [0.15, 0.2) is 0 Å². The molecule has 4 aromatic rings. The molecule has 0 N–H and O–H groups in total. The van der Waals surface area contributed by atoms with E-state index in [1.807, 2.05) is 31.2 Å². The minimum absolute atomic E-state index is 0.103. The Morgan fingerprint density at radius 3 is 1.21 bits per heavy atom. The average Bonchev–Trinajstić information content (AvgIpc) is 2.97. The molecule has 0 bridgehead atoms. The van der Waals surface area contributed by atoms with Gasteiger partial charge in [-0.25, -0.2) is 0 Å². The van der Waals surface area contributed by atoms with Gasteiger partial charge >= 0.3 is 12.4 Å². The quantitative estimate of drug-likeness (QED) is 0.0902. The second-order valence-corrected chi connectivity index (χ2v) is 12.4. The van der Waals surface area contributed by atoms with Crippen molar-refractivity contribution < 1.29 is 26.3 Å². The molecule has 0 spiro atoms. The standard InChI is InChI=1S/C36H35BrF6/c1-25-7-9-26(10-8-25)28-13-19-31(20-14-28)34(36(41,42)43,23-5-4-6-24-37)32-21-15-29(16-22-32)27-11-17-30(18-12-27)33(2,3)35(38,39)40/h7-22H,4-6,23-24H2,1-3H3. The molecule has 0 radical (unpaired) electrons. The van der Waals surface area contributed by atoms with Crippen LogP contribution in [0.4, 0.5) is 26.3 Å². The lowest BCUT2D eigenvalue weighted by Crippen LogP contribution is -2.43. The van der Waals surface area contributed by atoms with Crippen LogP contribution in [0.25, 0.3) is 22.3 Å². The predicted octanol–water partition coefficient (Wildman–Crippen LogP) is 12.0.